The van der Waals surface area contributed by atoms with E-state index in [4.69, 9.17) is 4.74 Å². The van der Waals surface area contributed by atoms with Gasteiger partial charge < -0.3 is 9.64 Å². The fraction of sp³-hybridized carbons (Fsp3) is 0.500. The molecule has 0 amide bonds. The number of hydrogen-bond donors (Lipinski definition) is 0. The molecular weight excluding hydrogens is 228 g/mol. The molecule has 2 atom stereocenters. The van der Waals surface area contributed by atoms with Gasteiger partial charge in [0.2, 0.25) is 0 Å². The topological polar surface area (TPSA) is 53.3 Å². The molecule has 0 aromatic heterocycles. The molecule has 0 spiro atoms. The lowest BCUT2D eigenvalue weighted by Gasteiger charge is -2.40. The Morgan fingerprint density at radius 3 is 3.06 bits per heavy atom. The highest BCUT2D eigenvalue weighted by Crippen LogP contribution is 2.34. The van der Waals surface area contributed by atoms with Crippen LogP contribution >= 0.6 is 0 Å². The zero-order valence-corrected chi connectivity index (χ0v) is 10.5. The van der Waals surface area contributed by atoms with Crippen LogP contribution in [0.4, 0.5) is 0 Å². The second-order valence-electron chi connectivity index (χ2n) is 4.55. The first-order chi connectivity index (χ1) is 8.71. The summed E-state index contributed by atoms with van der Waals surface area (Å²) < 4.78 is 4.73. The largest absolute Gasteiger partial charge is 0.466 e. The van der Waals surface area contributed by atoms with Gasteiger partial charge in [-0.25, -0.2) is 4.79 Å². The minimum atomic E-state index is -0.408. The van der Waals surface area contributed by atoms with Crippen LogP contribution in [0.5, 0.6) is 0 Å². The fourth-order valence-electron chi connectivity index (χ4n) is 2.67. The van der Waals surface area contributed by atoms with Crippen LogP contribution in [0.15, 0.2) is 29.7 Å². The summed E-state index contributed by atoms with van der Waals surface area (Å²) in [6, 6.07) is 2.35. The van der Waals surface area contributed by atoms with E-state index in [9.17, 15) is 10.1 Å². The second kappa shape index (κ2) is 5.12. The van der Waals surface area contributed by atoms with E-state index in [1.165, 1.54) is 7.11 Å². The number of esters is 1. The summed E-state index contributed by atoms with van der Waals surface area (Å²) in [6.45, 7) is 4.61. The van der Waals surface area contributed by atoms with E-state index in [2.05, 4.69) is 23.3 Å². The Kier molecular flexibility index (Phi) is 3.55. The predicted octanol–water partition coefficient (Wildman–Crippen LogP) is 1.76. The van der Waals surface area contributed by atoms with Gasteiger partial charge in [0.25, 0.3) is 0 Å². The first-order valence-electron chi connectivity index (χ1n) is 6.05. The summed E-state index contributed by atoms with van der Waals surface area (Å²) >= 11 is 0. The van der Waals surface area contributed by atoms with Gasteiger partial charge in [-0.3, -0.25) is 0 Å². The zero-order chi connectivity index (χ0) is 13.1. The van der Waals surface area contributed by atoms with Crippen molar-refractivity contribution in [2.24, 2.45) is 5.92 Å². The van der Waals surface area contributed by atoms with Crippen molar-refractivity contribution in [3.8, 4) is 6.07 Å². The minimum Gasteiger partial charge on any atom is -0.466 e. The van der Waals surface area contributed by atoms with Crippen LogP contribution in [0.1, 0.15) is 19.3 Å². The number of carbonyl (C=O) groups is 1. The molecule has 4 nitrogen and oxygen atoms in total. The number of rotatable bonds is 1. The van der Waals surface area contributed by atoms with Gasteiger partial charge in [0.05, 0.1) is 30.7 Å². The van der Waals surface area contributed by atoms with Crippen LogP contribution in [-0.4, -0.2) is 30.6 Å². The Hall–Kier alpha value is -1.98. The molecule has 1 saturated heterocycles. The third-order valence-corrected chi connectivity index (χ3v) is 3.61. The summed E-state index contributed by atoms with van der Waals surface area (Å²) in [5.74, 6) is -0.810. The molecule has 0 aliphatic carbocycles. The summed E-state index contributed by atoms with van der Waals surface area (Å²) in [5.41, 5.74) is 4.58. The lowest BCUT2D eigenvalue weighted by molar-refractivity contribution is -0.136. The number of carbonyl (C=O) groups excluding carboxylic acids is 1. The van der Waals surface area contributed by atoms with Crippen molar-refractivity contribution in [1.29, 1.82) is 5.26 Å². The summed E-state index contributed by atoms with van der Waals surface area (Å²) in [4.78, 5) is 13.8. The van der Waals surface area contributed by atoms with E-state index in [1.807, 2.05) is 0 Å². The average molecular weight is 244 g/mol. The highest BCUT2D eigenvalue weighted by Gasteiger charge is 2.36. The molecule has 0 radical (unpaired) electrons. The van der Waals surface area contributed by atoms with E-state index in [0.29, 0.717) is 12.0 Å². The molecule has 0 bridgehead atoms. The molecular formula is C14H16N2O2. The van der Waals surface area contributed by atoms with E-state index < -0.39 is 11.9 Å². The standard InChI is InChI=1S/C14H16N2O2/c1-3-10-5-4-6-16-9-12(14(17)18-2)11(8-15)7-13(10)16/h9,11,13H,1,4-7H2,2H3/t11-,13+/m0/s1. The molecule has 4 heteroatoms. The van der Waals surface area contributed by atoms with Crippen molar-refractivity contribution in [2.45, 2.75) is 25.3 Å². The number of methoxy groups -OCH3 is 1. The van der Waals surface area contributed by atoms with Crippen molar-refractivity contribution < 1.29 is 9.53 Å². The predicted molar refractivity (Wildman–Crippen MR) is 66.2 cm³/mol. The van der Waals surface area contributed by atoms with E-state index in [-0.39, 0.29) is 6.04 Å². The molecule has 18 heavy (non-hydrogen) atoms. The van der Waals surface area contributed by atoms with Gasteiger partial charge in [0.1, 0.15) is 0 Å². The summed E-state index contributed by atoms with van der Waals surface area (Å²) in [5, 5.41) is 9.19. The molecule has 1 fully saturated rings. The van der Waals surface area contributed by atoms with E-state index in [1.54, 1.807) is 6.20 Å². The number of nitriles is 1. The maximum Gasteiger partial charge on any atom is 0.336 e. The monoisotopic (exact) mass is 244 g/mol. The second-order valence-corrected chi connectivity index (χ2v) is 4.55. The number of fused-ring (bicyclic) bond motifs is 1. The van der Waals surface area contributed by atoms with Gasteiger partial charge >= 0.3 is 5.97 Å². The quantitative estimate of drug-likeness (QED) is 0.521. The van der Waals surface area contributed by atoms with Crippen molar-refractivity contribution in [1.82, 2.24) is 4.90 Å². The van der Waals surface area contributed by atoms with Crippen molar-refractivity contribution >= 4 is 5.97 Å². The molecule has 94 valence electrons. The van der Waals surface area contributed by atoms with Crippen molar-refractivity contribution in [3.05, 3.63) is 29.7 Å². The lowest BCUT2D eigenvalue weighted by atomic mass is 9.83. The van der Waals surface area contributed by atoms with Crippen molar-refractivity contribution in [2.75, 3.05) is 13.7 Å². The van der Waals surface area contributed by atoms with E-state index in [0.717, 1.165) is 25.0 Å². The zero-order valence-electron chi connectivity index (χ0n) is 10.5. The first-order valence-corrected chi connectivity index (χ1v) is 6.05. The maximum atomic E-state index is 11.7. The SMILES string of the molecule is C=C=C1CCCN2C=C(C(=O)OC)[C@H](C#N)C[C@H]12. The molecule has 0 unspecified atom stereocenters. The first kappa shape index (κ1) is 12.5. The number of ether oxygens (including phenoxy) is 1. The lowest BCUT2D eigenvalue weighted by Crippen LogP contribution is -2.43. The van der Waals surface area contributed by atoms with E-state index >= 15 is 0 Å². The Balaban J connectivity index is 2.35. The molecule has 0 N–H and O–H groups in total. The fourth-order valence-corrected chi connectivity index (χ4v) is 2.67. The molecule has 2 aliphatic heterocycles. The Morgan fingerprint density at radius 1 is 1.67 bits per heavy atom. The van der Waals surface area contributed by atoms with Gasteiger partial charge in [0, 0.05) is 12.7 Å². The number of piperidine rings is 1. The van der Waals surface area contributed by atoms with Crippen LogP contribution in [0.3, 0.4) is 0 Å². The summed E-state index contributed by atoms with van der Waals surface area (Å²) in [7, 11) is 1.34. The van der Waals surface area contributed by atoms with Crippen LogP contribution in [0.2, 0.25) is 0 Å². The molecule has 2 aliphatic rings. The molecule has 0 saturated carbocycles. The summed E-state index contributed by atoms with van der Waals surface area (Å²) in [6.07, 6.45) is 4.40. The van der Waals surface area contributed by atoms with Crippen LogP contribution < -0.4 is 0 Å². The van der Waals surface area contributed by atoms with Gasteiger partial charge in [0.15, 0.2) is 0 Å². The molecule has 0 aromatic carbocycles. The molecule has 2 heterocycles. The highest BCUT2D eigenvalue weighted by atomic mass is 16.5. The third-order valence-electron chi connectivity index (χ3n) is 3.61. The van der Waals surface area contributed by atoms with Crippen LogP contribution in [-0.2, 0) is 9.53 Å². The van der Waals surface area contributed by atoms with Gasteiger partial charge in [-0.2, -0.15) is 5.26 Å². The van der Waals surface area contributed by atoms with Crippen molar-refractivity contribution in [3.63, 3.8) is 0 Å². The number of nitrogens with zero attached hydrogens (tertiary/aromatic N) is 2. The Morgan fingerprint density at radius 2 is 2.44 bits per heavy atom. The van der Waals surface area contributed by atoms with Crippen LogP contribution in [0.25, 0.3) is 0 Å². The van der Waals surface area contributed by atoms with Gasteiger partial charge in [-0.1, -0.05) is 6.58 Å². The van der Waals surface area contributed by atoms with Crippen LogP contribution in [0, 0.1) is 17.2 Å². The molecule has 0 aromatic rings. The van der Waals surface area contributed by atoms with Gasteiger partial charge in [-0.05, 0) is 24.8 Å². The van der Waals surface area contributed by atoms with Gasteiger partial charge in [-0.15, -0.1) is 5.73 Å². The molecule has 2 rings (SSSR count). The Bertz CT molecular complexity index is 481. The highest BCUT2D eigenvalue weighted by molar-refractivity contribution is 5.89. The average Bonchev–Trinajstić information content (AvgIpc) is 2.44. The third kappa shape index (κ3) is 2.05. The maximum absolute atomic E-state index is 11.7. The number of hydrogen-bond acceptors (Lipinski definition) is 4. The smallest absolute Gasteiger partial charge is 0.336 e. The normalized spacial score (nSPS) is 26.6. The Labute approximate surface area is 107 Å². The minimum absolute atomic E-state index is 0.161.